The zero-order valence-electron chi connectivity index (χ0n) is 14.7. The van der Waals surface area contributed by atoms with E-state index in [9.17, 15) is 4.79 Å². The van der Waals surface area contributed by atoms with Gasteiger partial charge in [0.25, 0.3) is 0 Å². The van der Waals surface area contributed by atoms with Crippen LogP contribution in [-0.2, 0) is 4.74 Å². The highest BCUT2D eigenvalue weighted by molar-refractivity contribution is 5.80. The summed E-state index contributed by atoms with van der Waals surface area (Å²) in [5.41, 5.74) is -0.460. The molecule has 128 valence electrons. The lowest BCUT2D eigenvalue weighted by atomic mass is 10.2. The van der Waals surface area contributed by atoms with Gasteiger partial charge in [-0.25, -0.2) is 4.79 Å². The molecule has 1 amide bonds. The van der Waals surface area contributed by atoms with Gasteiger partial charge in [-0.3, -0.25) is 4.99 Å². The molecule has 0 aliphatic heterocycles. The number of nitrogens with zero attached hydrogens (tertiary/aromatic N) is 2. The minimum Gasteiger partial charge on any atom is -0.444 e. The molecule has 22 heavy (non-hydrogen) atoms. The summed E-state index contributed by atoms with van der Waals surface area (Å²) in [4.78, 5) is 18.0. The van der Waals surface area contributed by atoms with E-state index >= 15 is 0 Å². The molecule has 1 saturated carbocycles. The molecular weight excluding hydrogens is 280 g/mol. The maximum atomic E-state index is 12.0. The van der Waals surface area contributed by atoms with Crippen molar-refractivity contribution < 1.29 is 9.53 Å². The number of amides is 1. The van der Waals surface area contributed by atoms with E-state index in [0.717, 1.165) is 5.96 Å². The van der Waals surface area contributed by atoms with Crippen molar-refractivity contribution in [2.45, 2.75) is 65.0 Å². The summed E-state index contributed by atoms with van der Waals surface area (Å²) in [6.45, 7) is 9.47. The molecule has 2 N–H and O–H groups in total. The lowest BCUT2D eigenvalue weighted by molar-refractivity contribution is 0.0264. The number of ether oxygens (including phenoxy) is 1. The average molecular weight is 312 g/mol. The normalized spacial score (nSPS) is 16.5. The highest BCUT2D eigenvalue weighted by Gasteiger charge is 2.21. The smallest absolute Gasteiger partial charge is 0.410 e. The molecule has 0 spiro atoms. The Hall–Kier alpha value is -1.46. The van der Waals surface area contributed by atoms with E-state index in [1.807, 2.05) is 27.7 Å². The van der Waals surface area contributed by atoms with Crippen molar-refractivity contribution >= 4 is 12.1 Å². The van der Waals surface area contributed by atoms with E-state index in [2.05, 4.69) is 15.6 Å². The molecule has 0 heterocycles. The van der Waals surface area contributed by atoms with E-state index in [1.165, 1.54) is 25.7 Å². The number of nitrogens with one attached hydrogen (secondary N) is 2. The van der Waals surface area contributed by atoms with Crippen molar-refractivity contribution in [3.05, 3.63) is 0 Å². The van der Waals surface area contributed by atoms with Crippen molar-refractivity contribution in [2.24, 2.45) is 4.99 Å². The standard InChI is InChI=1S/C16H32N4O2/c1-6-20(15(21)22-16(2,3)4)12-11-18-14(17-5)19-13-9-7-8-10-13/h13H,6-12H2,1-5H3,(H2,17,18,19). The number of hydrogen-bond donors (Lipinski definition) is 2. The van der Waals surface area contributed by atoms with Gasteiger partial charge in [-0.2, -0.15) is 0 Å². The molecule has 1 fully saturated rings. The van der Waals surface area contributed by atoms with E-state index in [-0.39, 0.29) is 6.09 Å². The molecule has 1 aliphatic carbocycles. The van der Waals surface area contributed by atoms with Gasteiger partial charge in [0.05, 0.1) is 0 Å². The largest absolute Gasteiger partial charge is 0.444 e. The van der Waals surface area contributed by atoms with Gasteiger partial charge in [0.2, 0.25) is 0 Å². The Bertz CT molecular complexity index is 371. The lowest BCUT2D eigenvalue weighted by Crippen LogP contribution is -2.46. The minimum atomic E-state index is -0.460. The highest BCUT2D eigenvalue weighted by Crippen LogP contribution is 2.17. The van der Waals surface area contributed by atoms with Gasteiger partial charge in [0.15, 0.2) is 5.96 Å². The molecule has 0 saturated heterocycles. The molecule has 1 rings (SSSR count). The van der Waals surface area contributed by atoms with Crippen molar-refractivity contribution in [3.63, 3.8) is 0 Å². The SMILES string of the molecule is CCN(CCNC(=NC)NC1CCCC1)C(=O)OC(C)(C)C. The van der Waals surface area contributed by atoms with E-state index < -0.39 is 5.60 Å². The van der Waals surface area contributed by atoms with Gasteiger partial charge >= 0.3 is 6.09 Å². The predicted molar refractivity (Wildman–Crippen MR) is 90.2 cm³/mol. The second-order valence-corrected chi connectivity index (χ2v) is 6.68. The van der Waals surface area contributed by atoms with Gasteiger partial charge in [-0.05, 0) is 40.5 Å². The van der Waals surface area contributed by atoms with Gasteiger partial charge in [-0.15, -0.1) is 0 Å². The third-order valence-electron chi connectivity index (χ3n) is 3.63. The summed E-state index contributed by atoms with van der Waals surface area (Å²) in [6, 6.07) is 0.527. The first kappa shape index (κ1) is 18.6. The topological polar surface area (TPSA) is 66.0 Å². The second-order valence-electron chi connectivity index (χ2n) is 6.68. The molecular formula is C16H32N4O2. The quantitative estimate of drug-likeness (QED) is 0.604. The number of rotatable bonds is 5. The summed E-state index contributed by atoms with van der Waals surface area (Å²) in [6.07, 6.45) is 4.73. The van der Waals surface area contributed by atoms with Crippen LogP contribution < -0.4 is 10.6 Å². The van der Waals surface area contributed by atoms with Crippen molar-refractivity contribution in [1.29, 1.82) is 0 Å². The summed E-state index contributed by atoms with van der Waals surface area (Å²) >= 11 is 0. The Morgan fingerprint density at radius 2 is 1.95 bits per heavy atom. The van der Waals surface area contributed by atoms with Crippen LogP contribution in [0.25, 0.3) is 0 Å². The fraction of sp³-hybridized carbons (Fsp3) is 0.875. The number of carbonyl (C=O) groups is 1. The second kappa shape index (κ2) is 8.86. The van der Waals surface area contributed by atoms with Crippen LogP contribution in [-0.4, -0.2) is 55.3 Å². The zero-order chi connectivity index (χ0) is 16.6. The van der Waals surface area contributed by atoms with Crippen LogP contribution in [0.3, 0.4) is 0 Å². The number of aliphatic imine (C=N–C) groups is 1. The zero-order valence-corrected chi connectivity index (χ0v) is 14.7. The highest BCUT2D eigenvalue weighted by atomic mass is 16.6. The lowest BCUT2D eigenvalue weighted by Gasteiger charge is -2.27. The van der Waals surface area contributed by atoms with E-state index in [1.54, 1.807) is 11.9 Å². The number of hydrogen-bond acceptors (Lipinski definition) is 3. The molecule has 0 unspecified atom stereocenters. The third kappa shape index (κ3) is 7.00. The van der Waals surface area contributed by atoms with Crippen molar-refractivity contribution in [2.75, 3.05) is 26.7 Å². The van der Waals surface area contributed by atoms with Crippen molar-refractivity contribution in [1.82, 2.24) is 15.5 Å². The molecule has 0 atom stereocenters. The van der Waals surface area contributed by atoms with E-state index in [0.29, 0.717) is 25.7 Å². The van der Waals surface area contributed by atoms with Crippen LogP contribution in [0.15, 0.2) is 4.99 Å². The Kier molecular flexibility index (Phi) is 7.48. The summed E-state index contributed by atoms with van der Waals surface area (Å²) < 4.78 is 5.40. The van der Waals surface area contributed by atoms with Crippen LogP contribution in [0.4, 0.5) is 4.79 Å². The Morgan fingerprint density at radius 3 is 2.45 bits per heavy atom. The fourth-order valence-electron chi connectivity index (χ4n) is 2.47. The van der Waals surface area contributed by atoms with Crippen LogP contribution in [0, 0.1) is 0 Å². The molecule has 0 radical (unpaired) electrons. The van der Waals surface area contributed by atoms with Gasteiger partial charge < -0.3 is 20.3 Å². The van der Waals surface area contributed by atoms with Crippen LogP contribution in [0.5, 0.6) is 0 Å². The average Bonchev–Trinajstić information content (AvgIpc) is 2.93. The monoisotopic (exact) mass is 312 g/mol. The first-order valence-corrected chi connectivity index (χ1v) is 8.31. The molecule has 0 aromatic carbocycles. The first-order valence-electron chi connectivity index (χ1n) is 8.31. The molecule has 6 heteroatoms. The Labute approximate surface area is 134 Å². The number of carbonyl (C=O) groups excluding carboxylic acids is 1. The van der Waals surface area contributed by atoms with E-state index in [4.69, 9.17) is 4.74 Å². The van der Waals surface area contributed by atoms with Gasteiger partial charge in [-0.1, -0.05) is 12.8 Å². The molecule has 0 aromatic rings. The first-order chi connectivity index (χ1) is 10.4. The molecule has 0 bridgehead atoms. The summed E-state index contributed by atoms with van der Waals surface area (Å²) in [5, 5.41) is 6.70. The number of guanidine groups is 1. The van der Waals surface area contributed by atoms with Crippen LogP contribution >= 0.6 is 0 Å². The molecule has 0 aromatic heterocycles. The molecule has 6 nitrogen and oxygen atoms in total. The fourth-order valence-corrected chi connectivity index (χ4v) is 2.47. The minimum absolute atomic E-state index is 0.268. The van der Waals surface area contributed by atoms with Crippen LogP contribution in [0.1, 0.15) is 53.4 Å². The van der Waals surface area contributed by atoms with Crippen molar-refractivity contribution in [3.8, 4) is 0 Å². The van der Waals surface area contributed by atoms with Crippen LogP contribution in [0.2, 0.25) is 0 Å². The Balaban J connectivity index is 2.34. The number of likely N-dealkylation sites (N-methyl/N-ethyl adjacent to an activating group) is 1. The molecule has 1 aliphatic rings. The Morgan fingerprint density at radius 1 is 1.32 bits per heavy atom. The maximum absolute atomic E-state index is 12.0. The summed E-state index contributed by atoms with van der Waals surface area (Å²) in [5.74, 6) is 0.812. The van der Waals surface area contributed by atoms with Gasteiger partial charge in [0.1, 0.15) is 5.60 Å². The maximum Gasteiger partial charge on any atom is 0.410 e. The third-order valence-corrected chi connectivity index (χ3v) is 3.63. The van der Waals surface area contributed by atoms with Gasteiger partial charge in [0, 0.05) is 32.7 Å². The predicted octanol–water partition coefficient (Wildman–Crippen LogP) is 2.35. The summed E-state index contributed by atoms with van der Waals surface area (Å²) in [7, 11) is 1.77.